The van der Waals surface area contributed by atoms with Gasteiger partial charge in [-0.1, -0.05) is 5.16 Å². The van der Waals surface area contributed by atoms with Crippen molar-refractivity contribution in [1.29, 1.82) is 0 Å². The standard InChI is InChI=1S/C9H15N3OS/c10-5-8-11-9(13-12-8)4-7-2-1-3-14-6-7/h7H,1-6,10H2. The quantitative estimate of drug-likeness (QED) is 0.817. The highest BCUT2D eigenvalue weighted by molar-refractivity contribution is 7.99. The first-order valence-corrected chi connectivity index (χ1v) is 6.13. The van der Waals surface area contributed by atoms with Crippen molar-refractivity contribution < 1.29 is 4.52 Å². The Kier molecular flexibility index (Phi) is 3.42. The van der Waals surface area contributed by atoms with E-state index < -0.39 is 0 Å². The summed E-state index contributed by atoms with van der Waals surface area (Å²) in [5, 5.41) is 3.78. The lowest BCUT2D eigenvalue weighted by molar-refractivity contribution is 0.349. The highest BCUT2D eigenvalue weighted by Crippen LogP contribution is 2.25. The Bertz CT molecular complexity index is 283. The van der Waals surface area contributed by atoms with E-state index >= 15 is 0 Å². The first kappa shape index (κ1) is 9.98. The fourth-order valence-corrected chi connectivity index (χ4v) is 2.83. The SMILES string of the molecule is NCc1noc(CC2CCCSC2)n1. The van der Waals surface area contributed by atoms with Gasteiger partial charge in [0.05, 0.1) is 6.54 Å². The largest absolute Gasteiger partial charge is 0.339 e. The number of nitrogens with two attached hydrogens (primary N) is 1. The molecule has 0 amide bonds. The molecule has 1 aliphatic rings. The highest BCUT2D eigenvalue weighted by Gasteiger charge is 2.17. The summed E-state index contributed by atoms with van der Waals surface area (Å²) in [5.41, 5.74) is 5.41. The van der Waals surface area contributed by atoms with Gasteiger partial charge in [0, 0.05) is 6.42 Å². The van der Waals surface area contributed by atoms with Crippen LogP contribution in [0.15, 0.2) is 4.52 Å². The van der Waals surface area contributed by atoms with E-state index in [1.54, 1.807) is 0 Å². The van der Waals surface area contributed by atoms with Gasteiger partial charge in [-0.25, -0.2) is 0 Å². The summed E-state index contributed by atoms with van der Waals surface area (Å²) in [4.78, 5) is 4.21. The van der Waals surface area contributed by atoms with Crippen LogP contribution >= 0.6 is 11.8 Å². The van der Waals surface area contributed by atoms with Gasteiger partial charge in [0.1, 0.15) is 0 Å². The maximum Gasteiger partial charge on any atom is 0.226 e. The molecule has 1 saturated heterocycles. The predicted octanol–water partition coefficient (Wildman–Crippen LogP) is 1.21. The molecule has 2 N–H and O–H groups in total. The zero-order chi connectivity index (χ0) is 9.80. The molecule has 1 aliphatic heterocycles. The minimum absolute atomic E-state index is 0.364. The first-order valence-electron chi connectivity index (χ1n) is 4.97. The van der Waals surface area contributed by atoms with E-state index in [0.29, 0.717) is 18.3 Å². The van der Waals surface area contributed by atoms with E-state index in [1.165, 1.54) is 24.3 Å². The maximum atomic E-state index is 5.41. The molecular formula is C9H15N3OS. The maximum absolute atomic E-state index is 5.41. The van der Waals surface area contributed by atoms with Crippen molar-refractivity contribution in [3.63, 3.8) is 0 Å². The summed E-state index contributed by atoms with van der Waals surface area (Å²) in [6, 6.07) is 0. The van der Waals surface area contributed by atoms with Gasteiger partial charge in [0.2, 0.25) is 5.89 Å². The Morgan fingerprint density at radius 1 is 1.57 bits per heavy atom. The van der Waals surface area contributed by atoms with Gasteiger partial charge in [-0.05, 0) is 30.3 Å². The normalized spacial score (nSPS) is 22.5. The third kappa shape index (κ3) is 2.48. The molecule has 1 aromatic heterocycles. The molecule has 0 saturated carbocycles. The Labute approximate surface area is 87.6 Å². The Morgan fingerprint density at radius 2 is 2.50 bits per heavy atom. The monoisotopic (exact) mass is 213 g/mol. The molecule has 1 aromatic rings. The zero-order valence-electron chi connectivity index (χ0n) is 8.11. The summed E-state index contributed by atoms with van der Waals surface area (Å²) in [7, 11) is 0. The molecule has 0 aliphatic carbocycles. The second kappa shape index (κ2) is 4.79. The van der Waals surface area contributed by atoms with Crippen LogP contribution in [0.3, 0.4) is 0 Å². The van der Waals surface area contributed by atoms with Crippen molar-refractivity contribution in [2.75, 3.05) is 11.5 Å². The molecule has 0 bridgehead atoms. The van der Waals surface area contributed by atoms with Gasteiger partial charge in [-0.15, -0.1) is 0 Å². The molecular weight excluding hydrogens is 198 g/mol. The van der Waals surface area contributed by atoms with Gasteiger partial charge < -0.3 is 10.3 Å². The fraction of sp³-hybridized carbons (Fsp3) is 0.778. The molecule has 1 unspecified atom stereocenters. The van der Waals surface area contributed by atoms with Crippen LogP contribution in [0.5, 0.6) is 0 Å². The zero-order valence-corrected chi connectivity index (χ0v) is 8.92. The van der Waals surface area contributed by atoms with Gasteiger partial charge in [-0.3, -0.25) is 0 Å². The topological polar surface area (TPSA) is 64.9 Å². The van der Waals surface area contributed by atoms with Crippen LogP contribution in [0.1, 0.15) is 24.6 Å². The van der Waals surface area contributed by atoms with E-state index in [0.717, 1.165) is 12.3 Å². The predicted molar refractivity (Wildman–Crippen MR) is 55.9 cm³/mol. The second-order valence-electron chi connectivity index (χ2n) is 3.60. The highest BCUT2D eigenvalue weighted by atomic mass is 32.2. The molecule has 5 heteroatoms. The third-order valence-electron chi connectivity index (χ3n) is 2.41. The van der Waals surface area contributed by atoms with Crippen LogP contribution < -0.4 is 5.73 Å². The van der Waals surface area contributed by atoms with Gasteiger partial charge >= 0.3 is 0 Å². The van der Waals surface area contributed by atoms with E-state index in [2.05, 4.69) is 10.1 Å². The molecule has 14 heavy (non-hydrogen) atoms. The van der Waals surface area contributed by atoms with Crippen molar-refractivity contribution in [2.45, 2.75) is 25.8 Å². The number of aromatic nitrogens is 2. The van der Waals surface area contributed by atoms with Crippen LogP contribution in [0.4, 0.5) is 0 Å². The molecule has 2 rings (SSSR count). The summed E-state index contributed by atoms with van der Waals surface area (Å²) in [6.07, 6.45) is 3.51. The average Bonchev–Trinajstić information content (AvgIpc) is 2.67. The summed E-state index contributed by atoms with van der Waals surface area (Å²) >= 11 is 2.02. The van der Waals surface area contributed by atoms with E-state index in [1.807, 2.05) is 11.8 Å². The van der Waals surface area contributed by atoms with Crippen molar-refractivity contribution in [1.82, 2.24) is 10.1 Å². The Hall–Kier alpha value is -0.550. The van der Waals surface area contributed by atoms with Crippen LogP contribution in [-0.4, -0.2) is 21.6 Å². The van der Waals surface area contributed by atoms with Crippen molar-refractivity contribution in [3.8, 4) is 0 Å². The van der Waals surface area contributed by atoms with Gasteiger partial charge in [-0.2, -0.15) is 16.7 Å². The number of hydrogen-bond donors (Lipinski definition) is 1. The van der Waals surface area contributed by atoms with Crippen molar-refractivity contribution >= 4 is 11.8 Å². The summed E-state index contributed by atoms with van der Waals surface area (Å²) in [5.74, 6) is 4.59. The lowest BCUT2D eigenvalue weighted by atomic mass is 10.0. The number of hydrogen-bond acceptors (Lipinski definition) is 5. The van der Waals surface area contributed by atoms with Crippen LogP contribution in [0, 0.1) is 5.92 Å². The molecule has 1 atom stereocenters. The summed E-state index contributed by atoms with van der Waals surface area (Å²) < 4.78 is 5.11. The number of nitrogens with zero attached hydrogens (tertiary/aromatic N) is 2. The van der Waals surface area contributed by atoms with Crippen molar-refractivity contribution in [2.24, 2.45) is 11.7 Å². The smallest absolute Gasteiger partial charge is 0.226 e. The Morgan fingerprint density at radius 3 is 3.14 bits per heavy atom. The molecule has 4 nitrogen and oxygen atoms in total. The number of rotatable bonds is 3. The molecule has 0 aromatic carbocycles. The molecule has 78 valence electrons. The molecule has 2 heterocycles. The minimum Gasteiger partial charge on any atom is -0.339 e. The van der Waals surface area contributed by atoms with E-state index in [9.17, 15) is 0 Å². The first-order chi connectivity index (χ1) is 6.88. The summed E-state index contributed by atoms with van der Waals surface area (Å²) in [6.45, 7) is 0.364. The van der Waals surface area contributed by atoms with Crippen LogP contribution in [0.25, 0.3) is 0 Å². The number of thioether (sulfide) groups is 1. The molecule has 0 spiro atoms. The van der Waals surface area contributed by atoms with E-state index in [-0.39, 0.29) is 0 Å². The minimum atomic E-state index is 0.364. The molecule has 0 radical (unpaired) electrons. The lowest BCUT2D eigenvalue weighted by Crippen LogP contribution is -2.13. The molecule has 1 fully saturated rings. The average molecular weight is 213 g/mol. The second-order valence-corrected chi connectivity index (χ2v) is 4.75. The van der Waals surface area contributed by atoms with Crippen LogP contribution in [0.2, 0.25) is 0 Å². The van der Waals surface area contributed by atoms with Crippen molar-refractivity contribution in [3.05, 3.63) is 11.7 Å². The fourth-order valence-electron chi connectivity index (χ4n) is 1.67. The van der Waals surface area contributed by atoms with Crippen LogP contribution in [-0.2, 0) is 13.0 Å². The van der Waals surface area contributed by atoms with E-state index in [4.69, 9.17) is 10.3 Å². The third-order valence-corrected chi connectivity index (χ3v) is 3.70. The van der Waals surface area contributed by atoms with Gasteiger partial charge in [0.15, 0.2) is 5.82 Å². The lowest BCUT2D eigenvalue weighted by Gasteiger charge is -2.18. The Balaban J connectivity index is 1.89. The van der Waals surface area contributed by atoms with Gasteiger partial charge in [0.25, 0.3) is 0 Å².